The number of nitrogens with zero attached hydrogens (tertiary/aromatic N) is 1. The van der Waals surface area contributed by atoms with Crippen molar-refractivity contribution in [2.24, 2.45) is 11.7 Å². The Morgan fingerprint density at radius 1 is 1.29 bits per heavy atom. The van der Waals surface area contributed by atoms with Gasteiger partial charge in [0.2, 0.25) is 5.91 Å². The van der Waals surface area contributed by atoms with Gasteiger partial charge in [0.15, 0.2) is 16.6 Å². The number of nitrogens with one attached hydrogen (secondary N) is 1. The van der Waals surface area contributed by atoms with Gasteiger partial charge in [-0.1, -0.05) is 0 Å². The molecule has 1 aliphatic rings. The van der Waals surface area contributed by atoms with E-state index in [4.69, 9.17) is 15.2 Å². The topological polar surface area (TPSA) is 86.5 Å². The van der Waals surface area contributed by atoms with Crippen molar-refractivity contribution in [2.45, 2.75) is 25.3 Å². The number of carbonyl (C=O) groups is 1. The average Bonchev–Trinajstić information content (AvgIpc) is 3.23. The zero-order valence-electron chi connectivity index (χ0n) is 13.7. The Hall–Kier alpha value is -2.12. The van der Waals surface area contributed by atoms with E-state index < -0.39 is 0 Å². The molecule has 2 atom stereocenters. The smallest absolute Gasteiger partial charge is 0.229 e. The number of ether oxygens (including phenoxy) is 2. The molecule has 3 rings (SSSR count). The molecular formula is C17H21N3O3S. The lowest BCUT2D eigenvalue weighted by Crippen LogP contribution is -2.23. The highest BCUT2D eigenvalue weighted by atomic mass is 32.1. The van der Waals surface area contributed by atoms with Crippen molar-refractivity contribution in [2.75, 3.05) is 19.5 Å². The maximum atomic E-state index is 12.3. The van der Waals surface area contributed by atoms with Crippen LogP contribution in [0.1, 0.15) is 19.3 Å². The first-order valence-electron chi connectivity index (χ1n) is 7.85. The van der Waals surface area contributed by atoms with Gasteiger partial charge in [-0.15, -0.1) is 11.3 Å². The molecule has 1 saturated carbocycles. The first-order chi connectivity index (χ1) is 11.6. The Balaban J connectivity index is 1.72. The first-order valence-corrected chi connectivity index (χ1v) is 8.73. The number of methoxy groups -OCH3 is 2. The van der Waals surface area contributed by atoms with E-state index in [2.05, 4.69) is 10.3 Å². The molecule has 2 aromatic rings. The largest absolute Gasteiger partial charge is 0.493 e. The van der Waals surface area contributed by atoms with E-state index in [0.29, 0.717) is 16.6 Å². The summed E-state index contributed by atoms with van der Waals surface area (Å²) in [6.07, 6.45) is 2.51. The lowest BCUT2D eigenvalue weighted by molar-refractivity contribution is -0.119. The molecule has 2 unspecified atom stereocenters. The van der Waals surface area contributed by atoms with E-state index in [0.717, 1.165) is 30.5 Å². The summed E-state index contributed by atoms with van der Waals surface area (Å²) in [5, 5.41) is 5.42. The van der Waals surface area contributed by atoms with Crippen LogP contribution in [0.15, 0.2) is 23.6 Å². The van der Waals surface area contributed by atoms with Crippen LogP contribution in [0.2, 0.25) is 0 Å². The molecule has 0 aliphatic heterocycles. The Bertz CT molecular complexity index is 732. The normalized spacial score (nSPS) is 20.0. The van der Waals surface area contributed by atoms with Crippen LogP contribution in [-0.4, -0.2) is 31.2 Å². The van der Waals surface area contributed by atoms with E-state index >= 15 is 0 Å². The molecule has 1 aromatic carbocycles. The summed E-state index contributed by atoms with van der Waals surface area (Å²) in [6, 6.07) is 5.76. The third-order valence-corrected chi connectivity index (χ3v) is 5.02. The Morgan fingerprint density at radius 2 is 2.08 bits per heavy atom. The summed E-state index contributed by atoms with van der Waals surface area (Å²) in [7, 11) is 3.20. The number of hydrogen-bond acceptors (Lipinski definition) is 6. The molecule has 1 aromatic heterocycles. The molecule has 1 fully saturated rings. The quantitative estimate of drug-likeness (QED) is 0.868. The van der Waals surface area contributed by atoms with Crippen LogP contribution >= 0.6 is 11.3 Å². The minimum Gasteiger partial charge on any atom is -0.493 e. The van der Waals surface area contributed by atoms with Crippen LogP contribution in [-0.2, 0) is 4.79 Å². The van der Waals surface area contributed by atoms with E-state index in [1.54, 1.807) is 14.2 Å². The van der Waals surface area contributed by atoms with Crippen molar-refractivity contribution in [1.82, 2.24) is 4.98 Å². The second kappa shape index (κ2) is 7.19. The molecule has 1 amide bonds. The third-order valence-electron chi connectivity index (χ3n) is 4.26. The van der Waals surface area contributed by atoms with Gasteiger partial charge in [0, 0.05) is 22.9 Å². The zero-order chi connectivity index (χ0) is 17.1. The van der Waals surface area contributed by atoms with Gasteiger partial charge >= 0.3 is 0 Å². The van der Waals surface area contributed by atoms with Gasteiger partial charge in [0.1, 0.15) is 0 Å². The molecule has 0 saturated heterocycles. The SMILES string of the molecule is COc1ccc(-c2csc(NC(=O)C3CCC(N)C3)n2)cc1OC. The van der Waals surface area contributed by atoms with Crippen molar-refractivity contribution in [3.63, 3.8) is 0 Å². The highest BCUT2D eigenvalue weighted by Crippen LogP contribution is 2.34. The Kier molecular flexibility index (Phi) is 5.01. The van der Waals surface area contributed by atoms with Gasteiger partial charge in [0.05, 0.1) is 19.9 Å². The number of hydrogen-bond donors (Lipinski definition) is 2. The highest BCUT2D eigenvalue weighted by molar-refractivity contribution is 7.14. The number of thiazole rings is 1. The van der Waals surface area contributed by atoms with E-state index in [-0.39, 0.29) is 17.9 Å². The van der Waals surface area contributed by atoms with Gasteiger partial charge in [-0.05, 0) is 37.5 Å². The van der Waals surface area contributed by atoms with Crippen LogP contribution in [0.5, 0.6) is 11.5 Å². The predicted molar refractivity (Wildman–Crippen MR) is 94.6 cm³/mol. The highest BCUT2D eigenvalue weighted by Gasteiger charge is 2.28. The fraction of sp³-hybridized carbons (Fsp3) is 0.412. The molecular weight excluding hydrogens is 326 g/mol. The molecule has 0 bridgehead atoms. The van der Waals surface area contributed by atoms with Gasteiger partial charge in [-0.3, -0.25) is 4.79 Å². The second-order valence-corrected chi connectivity index (χ2v) is 6.73. The van der Waals surface area contributed by atoms with Gasteiger partial charge in [0.25, 0.3) is 0 Å². The summed E-state index contributed by atoms with van der Waals surface area (Å²) in [5.74, 6) is 1.32. The lowest BCUT2D eigenvalue weighted by Gasteiger charge is -2.09. The van der Waals surface area contributed by atoms with E-state index in [1.807, 2.05) is 23.6 Å². The van der Waals surface area contributed by atoms with Crippen molar-refractivity contribution in [3.05, 3.63) is 23.6 Å². The number of anilines is 1. The second-order valence-electron chi connectivity index (χ2n) is 5.87. The fourth-order valence-corrected chi connectivity index (χ4v) is 3.64. The Morgan fingerprint density at radius 3 is 2.75 bits per heavy atom. The lowest BCUT2D eigenvalue weighted by atomic mass is 10.1. The predicted octanol–water partition coefficient (Wildman–Crippen LogP) is 2.89. The molecule has 6 nitrogen and oxygen atoms in total. The monoisotopic (exact) mass is 347 g/mol. The van der Waals surface area contributed by atoms with Crippen molar-refractivity contribution in [1.29, 1.82) is 0 Å². The number of carbonyl (C=O) groups excluding carboxylic acids is 1. The maximum Gasteiger partial charge on any atom is 0.229 e. The number of benzene rings is 1. The van der Waals surface area contributed by atoms with Crippen LogP contribution in [0.25, 0.3) is 11.3 Å². The van der Waals surface area contributed by atoms with Crippen LogP contribution < -0.4 is 20.5 Å². The summed E-state index contributed by atoms with van der Waals surface area (Å²) in [6.45, 7) is 0. The summed E-state index contributed by atoms with van der Waals surface area (Å²) < 4.78 is 10.6. The molecule has 1 heterocycles. The Labute approximate surface area is 145 Å². The molecule has 0 radical (unpaired) electrons. The standard InChI is InChI=1S/C17H21N3O3S/c1-22-14-6-4-10(8-15(14)23-2)13-9-24-17(19-13)20-16(21)11-3-5-12(18)7-11/h4,6,8-9,11-12H,3,5,7,18H2,1-2H3,(H,19,20,21). The molecule has 7 heteroatoms. The van der Waals surface area contributed by atoms with Gasteiger partial charge in [-0.2, -0.15) is 0 Å². The summed E-state index contributed by atoms with van der Waals surface area (Å²) in [5.41, 5.74) is 7.57. The number of amides is 1. The molecule has 3 N–H and O–H groups in total. The molecule has 24 heavy (non-hydrogen) atoms. The van der Waals surface area contributed by atoms with Crippen molar-refractivity contribution in [3.8, 4) is 22.8 Å². The first kappa shape index (κ1) is 16.7. The molecule has 0 spiro atoms. The minimum absolute atomic E-state index is 0.00608. The third kappa shape index (κ3) is 3.52. The minimum atomic E-state index is -0.00608. The zero-order valence-corrected chi connectivity index (χ0v) is 14.6. The van der Waals surface area contributed by atoms with Crippen molar-refractivity contribution < 1.29 is 14.3 Å². The number of nitrogens with two attached hydrogens (primary N) is 1. The van der Waals surface area contributed by atoms with Crippen molar-refractivity contribution >= 4 is 22.4 Å². The van der Waals surface area contributed by atoms with Gasteiger partial charge in [-0.25, -0.2) is 4.98 Å². The molecule has 128 valence electrons. The van der Waals surface area contributed by atoms with Crippen LogP contribution in [0, 0.1) is 5.92 Å². The summed E-state index contributed by atoms with van der Waals surface area (Å²) >= 11 is 1.41. The van der Waals surface area contributed by atoms with Gasteiger partial charge < -0.3 is 20.5 Å². The van der Waals surface area contributed by atoms with E-state index in [1.165, 1.54) is 11.3 Å². The van der Waals surface area contributed by atoms with Crippen LogP contribution in [0.4, 0.5) is 5.13 Å². The average molecular weight is 347 g/mol. The molecule has 1 aliphatic carbocycles. The number of rotatable bonds is 5. The summed E-state index contributed by atoms with van der Waals surface area (Å²) in [4.78, 5) is 16.8. The fourth-order valence-electron chi connectivity index (χ4n) is 2.92. The number of aromatic nitrogens is 1. The maximum absolute atomic E-state index is 12.3. The van der Waals surface area contributed by atoms with Crippen LogP contribution in [0.3, 0.4) is 0 Å². The van der Waals surface area contributed by atoms with E-state index in [9.17, 15) is 4.79 Å².